The number of methoxy groups -OCH3 is 1. The van der Waals surface area contributed by atoms with Gasteiger partial charge in [-0.2, -0.15) is 0 Å². The Bertz CT molecular complexity index is 2020. The van der Waals surface area contributed by atoms with E-state index in [1.54, 1.807) is 26.8 Å². The van der Waals surface area contributed by atoms with E-state index in [0.717, 1.165) is 0 Å². The van der Waals surface area contributed by atoms with Crippen LogP contribution in [0.5, 0.6) is 11.6 Å². The van der Waals surface area contributed by atoms with E-state index in [2.05, 4.69) is 20.3 Å². The van der Waals surface area contributed by atoms with Gasteiger partial charge in [0.1, 0.15) is 52.3 Å². The Morgan fingerprint density at radius 2 is 1.86 bits per heavy atom. The minimum atomic E-state index is -4.41. The molecule has 0 spiro atoms. The van der Waals surface area contributed by atoms with Crippen molar-refractivity contribution in [3.8, 4) is 11.6 Å². The lowest BCUT2D eigenvalue weighted by molar-refractivity contribution is -0.142. The first kappa shape index (κ1) is 41.1. The summed E-state index contributed by atoms with van der Waals surface area (Å²) in [4.78, 5) is 62.0. The highest BCUT2D eigenvalue weighted by Crippen LogP contribution is 2.48. The van der Waals surface area contributed by atoms with E-state index in [-0.39, 0.29) is 44.0 Å². The Hall–Kier alpha value is -4.54. The zero-order valence-corrected chi connectivity index (χ0v) is 33.3. The summed E-state index contributed by atoms with van der Waals surface area (Å²) in [6.07, 6.45) is 5.35. The molecule has 0 unspecified atom stereocenters. The predicted octanol–water partition coefficient (Wildman–Crippen LogP) is 4.46. The predicted molar refractivity (Wildman–Crippen MR) is 201 cm³/mol. The fraction of sp³-hybridized carbons (Fsp3) is 0.615. The van der Waals surface area contributed by atoms with Crippen LogP contribution in [0.2, 0.25) is 0 Å². The van der Waals surface area contributed by atoms with Crippen LogP contribution in [0.4, 0.5) is 13.6 Å². The molecule has 3 heterocycles. The Morgan fingerprint density at radius 1 is 1.12 bits per heavy atom. The van der Waals surface area contributed by atoms with Crippen molar-refractivity contribution in [1.82, 2.24) is 25.2 Å². The molecule has 56 heavy (non-hydrogen) atoms. The highest BCUT2D eigenvalue weighted by Gasteiger charge is 2.64. The number of hydrogen-bond acceptors (Lipinski definition) is 10. The molecule has 14 nitrogen and oxygen atoms in total. The van der Waals surface area contributed by atoms with Crippen LogP contribution in [0.1, 0.15) is 79.6 Å². The number of aromatic nitrogens is 1. The molecule has 7 atom stereocenters. The first-order valence-electron chi connectivity index (χ1n) is 19.0. The van der Waals surface area contributed by atoms with Gasteiger partial charge in [0.2, 0.25) is 27.7 Å². The number of amides is 4. The van der Waals surface area contributed by atoms with Crippen LogP contribution >= 0.6 is 0 Å². The second-order valence-electron chi connectivity index (χ2n) is 16.8. The number of fused-ring (bicyclic) bond motifs is 3. The molecule has 1 saturated heterocycles. The zero-order valence-electron chi connectivity index (χ0n) is 32.5. The molecule has 0 radical (unpaired) electrons. The van der Waals surface area contributed by atoms with Gasteiger partial charge in [-0.15, -0.1) is 0 Å². The van der Waals surface area contributed by atoms with Gasteiger partial charge in [0.25, 0.3) is 5.91 Å². The maximum absolute atomic E-state index is 14.7. The number of alkyl halides is 1. The van der Waals surface area contributed by atoms with Crippen LogP contribution in [-0.4, -0.2) is 96.5 Å². The van der Waals surface area contributed by atoms with E-state index in [1.165, 1.54) is 36.4 Å². The number of rotatable bonds is 8. The maximum atomic E-state index is 14.7. The third-order valence-electron chi connectivity index (χ3n) is 11.2. The number of nitrogens with zero attached hydrogens (tertiary/aromatic N) is 2. The first-order chi connectivity index (χ1) is 26.3. The monoisotopic (exact) mass is 803 g/mol. The van der Waals surface area contributed by atoms with Crippen LogP contribution in [0, 0.1) is 23.6 Å². The second-order valence-corrected chi connectivity index (χ2v) is 18.9. The van der Waals surface area contributed by atoms with Crippen molar-refractivity contribution in [2.24, 2.45) is 17.8 Å². The van der Waals surface area contributed by atoms with Gasteiger partial charge >= 0.3 is 6.09 Å². The van der Waals surface area contributed by atoms with Gasteiger partial charge in [0.05, 0.1) is 19.9 Å². The number of hydrogen-bond donors (Lipinski definition) is 3. The maximum Gasteiger partial charge on any atom is 0.408 e. The molecule has 306 valence electrons. The summed E-state index contributed by atoms with van der Waals surface area (Å²) in [7, 11) is -2.99. The molecule has 4 aliphatic rings. The SMILES string of the molecule is COc1cnc(O[C@@H]2C[C@H]3C(=O)N[C@]4(C(=O)NS(=O)(=O)C5(CF)CC5)C[C@H]4/C=C\CC[C@@H](C)C[C@@H](C)[C@H](NC(=O)OC(C)(C)C)C(=O)N3C2)c2ccc(F)cc12. The van der Waals surface area contributed by atoms with Crippen LogP contribution in [0.25, 0.3) is 10.8 Å². The van der Waals surface area contributed by atoms with Gasteiger partial charge < -0.3 is 29.7 Å². The van der Waals surface area contributed by atoms with Crippen molar-refractivity contribution in [2.45, 2.75) is 114 Å². The van der Waals surface area contributed by atoms with Crippen LogP contribution < -0.4 is 24.8 Å². The number of ether oxygens (including phenoxy) is 3. The molecular formula is C39H51F2N5O9S. The van der Waals surface area contributed by atoms with E-state index in [0.29, 0.717) is 35.8 Å². The van der Waals surface area contributed by atoms with Gasteiger partial charge in [-0.1, -0.05) is 26.0 Å². The molecule has 2 aromatic rings. The average molecular weight is 804 g/mol. The number of allylic oxidation sites excluding steroid dienone is 1. The number of carbonyl (C=O) groups is 4. The van der Waals surface area contributed by atoms with E-state index in [4.69, 9.17) is 14.2 Å². The summed E-state index contributed by atoms with van der Waals surface area (Å²) in [5.41, 5.74) is -2.56. The van der Waals surface area contributed by atoms with Crippen molar-refractivity contribution in [3.63, 3.8) is 0 Å². The van der Waals surface area contributed by atoms with Gasteiger partial charge in [-0.25, -0.2) is 27.0 Å². The van der Waals surface area contributed by atoms with Gasteiger partial charge in [0.15, 0.2) is 0 Å². The van der Waals surface area contributed by atoms with Crippen molar-refractivity contribution in [1.29, 1.82) is 0 Å². The van der Waals surface area contributed by atoms with E-state index >= 15 is 0 Å². The van der Waals surface area contributed by atoms with Crippen molar-refractivity contribution >= 4 is 44.6 Å². The topological polar surface area (TPSA) is 182 Å². The molecule has 1 aromatic carbocycles. The fourth-order valence-electron chi connectivity index (χ4n) is 7.76. The molecule has 17 heteroatoms. The fourth-order valence-corrected chi connectivity index (χ4v) is 9.19. The van der Waals surface area contributed by atoms with Crippen molar-refractivity contribution in [2.75, 3.05) is 20.3 Å². The largest absolute Gasteiger partial charge is 0.494 e. The van der Waals surface area contributed by atoms with Crippen molar-refractivity contribution in [3.05, 3.63) is 42.4 Å². The smallest absolute Gasteiger partial charge is 0.408 e. The number of halogens is 2. The zero-order chi connectivity index (χ0) is 40.8. The molecule has 3 fully saturated rings. The molecule has 1 aromatic heterocycles. The molecule has 2 saturated carbocycles. The summed E-state index contributed by atoms with van der Waals surface area (Å²) in [5, 5.41) is 6.35. The molecular weight excluding hydrogens is 753 g/mol. The minimum Gasteiger partial charge on any atom is -0.494 e. The number of alkyl carbamates (subject to hydrolysis) is 1. The number of benzene rings is 1. The molecule has 6 rings (SSSR count). The third-order valence-corrected chi connectivity index (χ3v) is 13.3. The van der Waals surface area contributed by atoms with E-state index in [9.17, 15) is 36.4 Å². The lowest BCUT2D eigenvalue weighted by Crippen LogP contribution is -2.59. The molecule has 4 amide bonds. The Labute approximate surface area is 325 Å². The van der Waals surface area contributed by atoms with Crippen LogP contribution in [-0.2, 0) is 29.1 Å². The first-order valence-corrected chi connectivity index (χ1v) is 20.5. The minimum absolute atomic E-state index is 0.0672. The molecule has 0 bridgehead atoms. The highest BCUT2D eigenvalue weighted by molar-refractivity contribution is 7.91. The Morgan fingerprint density at radius 3 is 2.52 bits per heavy atom. The lowest BCUT2D eigenvalue weighted by Gasteiger charge is -2.33. The normalized spacial score (nSPS) is 29.8. The molecule has 2 aliphatic carbocycles. The van der Waals surface area contributed by atoms with Gasteiger partial charge in [-0.3, -0.25) is 19.1 Å². The summed E-state index contributed by atoms with van der Waals surface area (Å²) in [6.45, 7) is 7.67. The van der Waals surface area contributed by atoms with E-state index in [1.807, 2.05) is 19.9 Å². The van der Waals surface area contributed by atoms with Gasteiger partial charge in [0, 0.05) is 23.1 Å². The standard InChI is InChI=1S/C39H51F2N5O9S/c1-22-9-7-8-10-24-18-39(24,35(49)45-56(51,52)38(21-40)13-14-38)44-32(47)29-17-26(54-33-27-12-11-25(41)16-28(27)30(53-6)19-42-33)20-46(29)34(48)31(23(2)15-22)43-36(50)55-37(3,4)5/h8,10-12,16,19,22-24,26,29,31H,7,9,13-15,17-18,20-21H2,1-6H3,(H,43,50)(H,44,47)(H,45,49)/b10-8-/t22-,23-,24-,26-,29+,31+,39-/m1/s1. The van der Waals surface area contributed by atoms with Crippen molar-refractivity contribution < 1.29 is 50.6 Å². The van der Waals surface area contributed by atoms with Gasteiger partial charge in [-0.05, 0) is 89.3 Å². The second kappa shape index (κ2) is 15.4. The van der Waals surface area contributed by atoms with Crippen LogP contribution in [0.3, 0.4) is 0 Å². The quantitative estimate of drug-likeness (QED) is 0.323. The summed E-state index contributed by atoms with van der Waals surface area (Å²) in [6, 6.07) is 1.62. The summed E-state index contributed by atoms with van der Waals surface area (Å²) in [5.74, 6) is -3.32. The Balaban J connectivity index is 1.36. The average Bonchev–Trinajstić information content (AvgIpc) is 4.02. The number of sulfonamides is 1. The summed E-state index contributed by atoms with van der Waals surface area (Å²) >= 11 is 0. The summed E-state index contributed by atoms with van der Waals surface area (Å²) < 4.78 is 72.1. The number of nitrogens with one attached hydrogen (secondary N) is 3. The third kappa shape index (κ3) is 8.42. The van der Waals surface area contributed by atoms with Crippen LogP contribution in [0.15, 0.2) is 36.5 Å². The number of pyridine rings is 1. The number of carbonyl (C=O) groups excluding carboxylic acids is 4. The highest BCUT2D eigenvalue weighted by atomic mass is 32.2. The molecule has 2 aliphatic heterocycles. The lowest BCUT2D eigenvalue weighted by atomic mass is 9.88. The van der Waals surface area contributed by atoms with E-state index < -0.39 is 92.2 Å². The Kier molecular flexibility index (Phi) is 11.3. The molecule has 3 N–H and O–H groups in total.